The number of rotatable bonds is 6. The third-order valence-electron chi connectivity index (χ3n) is 7.00. The maximum absolute atomic E-state index is 14.5. The number of amides is 4. The predicted octanol–water partition coefficient (Wildman–Crippen LogP) is 5.72. The molecule has 3 atom stereocenters. The van der Waals surface area contributed by atoms with E-state index in [0.717, 1.165) is 11.1 Å². The van der Waals surface area contributed by atoms with E-state index >= 15 is 0 Å². The summed E-state index contributed by atoms with van der Waals surface area (Å²) in [6.45, 7) is 6.93. The average Bonchev–Trinajstić information content (AvgIpc) is 3.06. The molecule has 1 saturated heterocycles. The van der Waals surface area contributed by atoms with E-state index in [1.165, 1.54) is 36.1 Å². The van der Waals surface area contributed by atoms with Gasteiger partial charge >= 0.3 is 6.03 Å². The quantitative estimate of drug-likeness (QED) is 0.404. The summed E-state index contributed by atoms with van der Waals surface area (Å²) in [6, 6.07) is 20.6. The van der Waals surface area contributed by atoms with Crippen LogP contribution in [0.3, 0.4) is 0 Å². The van der Waals surface area contributed by atoms with E-state index in [1.54, 1.807) is 36.4 Å². The molecule has 0 saturated carbocycles. The van der Waals surface area contributed by atoms with Gasteiger partial charge in [0.2, 0.25) is 5.91 Å². The molecule has 0 bridgehead atoms. The molecule has 1 heterocycles. The van der Waals surface area contributed by atoms with E-state index in [2.05, 4.69) is 10.7 Å². The second-order valence-electron chi connectivity index (χ2n) is 11.3. The van der Waals surface area contributed by atoms with Crippen LogP contribution in [0.2, 0.25) is 0 Å². The highest BCUT2D eigenvalue weighted by atomic mass is 19.1. The number of halogens is 1. The van der Waals surface area contributed by atoms with Gasteiger partial charge in [0.15, 0.2) is 0 Å². The van der Waals surface area contributed by atoms with Gasteiger partial charge in [-0.2, -0.15) is 0 Å². The predicted molar refractivity (Wildman–Crippen MR) is 156 cm³/mol. The summed E-state index contributed by atoms with van der Waals surface area (Å²) in [5.74, 6) is -0.954. The maximum Gasteiger partial charge on any atom is 0.323 e. The van der Waals surface area contributed by atoms with Crippen LogP contribution in [-0.2, 0) is 9.59 Å². The van der Waals surface area contributed by atoms with Crippen molar-refractivity contribution in [3.63, 3.8) is 0 Å². The third-order valence-corrected chi connectivity index (χ3v) is 7.00. The first-order valence-corrected chi connectivity index (χ1v) is 13.6. The highest BCUT2D eigenvalue weighted by molar-refractivity contribution is 6.01. The number of ether oxygens (including phenoxy) is 1. The number of urea groups is 1. The van der Waals surface area contributed by atoms with Crippen molar-refractivity contribution in [2.24, 2.45) is 0 Å². The molecule has 9 heteroatoms. The molecule has 0 aromatic heterocycles. The van der Waals surface area contributed by atoms with Gasteiger partial charge in [-0.1, -0.05) is 48.5 Å². The lowest BCUT2D eigenvalue weighted by atomic mass is 9.86. The van der Waals surface area contributed by atoms with Crippen LogP contribution in [0.25, 0.3) is 0 Å². The highest BCUT2D eigenvalue weighted by Crippen LogP contribution is 2.41. The largest absolute Gasteiger partial charge is 0.497 e. The number of anilines is 1. The van der Waals surface area contributed by atoms with Crippen molar-refractivity contribution in [2.75, 3.05) is 12.0 Å². The molecule has 0 aliphatic carbocycles. The number of hydrazine groups is 1. The lowest BCUT2D eigenvalue weighted by Gasteiger charge is -2.37. The molecule has 2 N–H and O–H groups in total. The summed E-state index contributed by atoms with van der Waals surface area (Å²) in [5, 5.41) is 4.34. The zero-order valence-corrected chi connectivity index (χ0v) is 24.1. The van der Waals surface area contributed by atoms with Crippen LogP contribution in [0.5, 0.6) is 5.75 Å². The molecule has 4 rings (SSSR count). The van der Waals surface area contributed by atoms with Crippen LogP contribution in [0.15, 0.2) is 78.9 Å². The Morgan fingerprint density at radius 2 is 1.63 bits per heavy atom. The molecule has 3 aromatic rings. The second kappa shape index (κ2) is 12.4. The average molecular weight is 561 g/mol. The second-order valence-corrected chi connectivity index (χ2v) is 11.3. The molecular formula is C32H37FN4O4. The first kappa shape index (κ1) is 29.6. The monoisotopic (exact) mass is 560 g/mol. The van der Waals surface area contributed by atoms with Gasteiger partial charge in [0.1, 0.15) is 17.6 Å². The van der Waals surface area contributed by atoms with Crippen molar-refractivity contribution in [3.05, 3.63) is 95.8 Å². The van der Waals surface area contributed by atoms with Crippen LogP contribution >= 0.6 is 0 Å². The summed E-state index contributed by atoms with van der Waals surface area (Å²) in [4.78, 5) is 42.4. The lowest BCUT2D eigenvalue weighted by molar-refractivity contribution is -0.144. The highest BCUT2D eigenvalue weighted by Gasteiger charge is 2.44. The Morgan fingerprint density at radius 1 is 0.951 bits per heavy atom. The zero-order valence-electron chi connectivity index (χ0n) is 24.1. The number of methoxy groups -OCH3 is 1. The number of hydrogen-bond acceptors (Lipinski definition) is 4. The van der Waals surface area contributed by atoms with Crippen LogP contribution in [0.1, 0.15) is 63.6 Å². The van der Waals surface area contributed by atoms with Crippen molar-refractivity contribution in [1.82, 2.24) is 15.8 Å². The number of nitrogens with one attached hydrogen (secondary N) is 2. The van der Waals surface area contributed by atoms with Gasteiger partial charge in [-0.25, -0.2) is 14.2 Å². The summed E-state index contributed by atoms with van der Waals surface area (Å²) >= 11 is 0. The number of nitrogens with zero attached hydrogens (tertiary/aromatic N) is 2. The Hall–Kier alpha value is -4.40. The van der Waals surface area contributed by atoms with Crippen molar-refractivity contribution >= 4 is 23.5 Å². The maximum atomic E-state index is 14.5. The molecule has 216 valence electrons. The number of hydrogen-bond donors (Lipinski definition) is 2. The van der Waals surface area contributed by atoms with Crippen LogP contribution < -0.4 is 20.4 Å². The van der Waals surface area contributed by atoms with E-state index in [9.17, 15) is 18.8 Å². The minimum Gasteiger partial charge on any atom is -0.497 e. The zero-order chi connectivity index (χ0) is 29.7. The molecule has 3 unspecified atom stereocenters. The first-order valence-electron chi connectivity index (χ1n) is 13.6. The fourth-order valence-electron chi connectivity index (χ4n) is 5.22. The molecule has 1 aliphatic heterocycles. The number of carbonyl (C=O) groups excluding carboxylic acids is 3. The van der Waals surface area contributed by atoms with Gasteiger partial charge in [-0.15, -0.1) is 0 Å². The molecule has 0 radical (unpaired) electrons. The van der Waals surface area contributed by atoms with Gasteiger partial charge in [0.25, 0.3) is 5.91 Å². The number of benzene rings is 3. The lowest BCUT2D eigenvalue weighted by Crippen LogP contribution is -2.59. The summed E-state index contributed by atoms with van der Waals surface area (Å²) in [5.41, 5.74) is 4.27. The molecule has 1 fully saturated rings. The van der Waals surface area contributed by atoms with E-state index in [4.69, 9.17) is 4.74 Å². The summed E-state index contributed by atoms with van der Waals surface area (Å²) < 4.78 is 19.4. The Kier molecular flexibility index (Phi) is 8.95. The topological polar surface area (TPSA) is 91.0 Å². The smallest absolute Gasteiger partial charge is 0.323 e. The van der Waals surface area contributed by atoms with Gasteiger partial charge in [0.05, 0.1) is 18.8 Å². The van der Waals surface area contributed by atoms with Gasteiger partial charge < -0.3 is 10.1 Å². The van der Waals surface area contributed by atoms with Crippen LogP contribution in [0, 0.1) is 5.82 Å². The minimum atomic E-state index is -1.01. The Morgan fingerprint density at radius 3 is 2.24 bits per heavy atom. The van der Waals surface area contributed by atoms with E-state index in [0.29, 0.717) is 17.9 Å². The number of carbonyl (C=O) groups is 3. The molecule has 1 aliphatic rings. The molecule has 4 amide bonds. The van der Waals surface area contributed by atoms with Gasteiger partial charge in [-0.3, -0.25) is 19.9 Å². The fourth-order valence-corrected chi connectivity index (χ4v) is 5.22. The Labute approximate surface area is 240 Å². The first-order chi connectivity index (χ1) is 19.5. The van der Waals surface area contributed by atoms with E-state index < -0.39 is 35.5 Å². The summed E-state index contributed by atoms with van der Waals surface area (Å²) in [7, 11) is 1.53. The molecule has 41 heavy (non-hydrogen) atoms. The van der Waals surface area contributed by atoms with Gasteiger partial charge in [-0.05, 0) is 74.9 Å². The van der Waals surface area contributed by atoms with E-state index in [1.807, 2.05) is 51.1 Å². The van der Waals surface area contributed by atoms with Crippen molar-refractivity contribution in [2.45, 2.75) is 64.1 Å². The third kappa shape index (κ3) is 7.22. The Bertz CT molecular complexity index is 1370. The SMILES string of the molecule is COc1cccc(N(C(=O)NC(C)(C)C)C2CC(c3ccc(F)cc3)CC(c3ccccc3)N(NC(C)=O)C2=O)c1. The fraction of sp³-hybridized carbons (Fsp3) is 0.344. The molecule has 0 spiro atoms. The molecule has 3 aromatic carbocycles. The van der Waals surface area contributed by atoms with Crippen molar-refractivity contribution in [1.29, 1.82) is 0 Å². The van der Waals surface area contributed by atoms with Crippen LogP contribution in [0.4, 0.5) is 14.9 Å². The molecular weight excluding hydrogens is 523 g/mol. The minimum absolute atomic E-state index is 0.235. The molecule has 8 nitrogen and oxygen atoms in total. The normalized spacial score (nSPS) is 19.2. The Balaban J connectivity index is 1.90. The van der Waals surface area contributed by atoms with Crippen LogP contribution in [-0.4, -0.2) is 41.5 Å². The van der Waals surface area contributed by atoms with Crippen molar-refractivity contribution in [3.8, 4) is 5.75 Å². The summed E-state index contributed by atoms with van der Waals surface area (Å²) in [6.07, 6.45) is 0.670. The standard InChI is InChI=1S/C32H37FN4O4/c1-21(38)35-37-28(23-10-7-6-8-11-23)18-24(22-14-16-25(33)17-15-22)19-29(30(37)39)36(31(40)34-32(2,3)4)26-12-9-13-27(20-26)41-5/h6-17,20,24,28-29H,18-19H2,1-5H3,(H,34,40)(H,35,38). The van der Waals surface area contributed by atoms with E-state index in [-0.39, 0.29) is 18.2 Å². The van der Waals surface area contributed by atoms with Gasteiger partial charge in [0, 0.05) is 18.5 Å². The van der Waals surface area contributed by atoms with Crippen molar-refractivity contribution < 1.29 is 23.5 Å².